The van der Waals surface area contributed by atoms with Crippen molar-refractivity contribution in [2.24, 2.45) is 0 Å². The van der Waals surface area contributed by atoms with Gasteiger partial charge in [0.25, 0.3) is 0 Å². The molecule has 1 atom stereocenters. The molecule has 31 heavy (non-hydrogen) atoms. The lowest BCUT2D eigenvalue weighted by molar-refractivity contribution is -0.139. The van der Waals surface area contributed by atoms with Gasteiger partial charge in [-0.25, -0.2) is 4.79 Å². The summed E-state index contributed by atoms with van der Waals surface area (Å²) in [5.41, 5.74) is 0.522. The van der Waals surface area contributed by atoms with Crippen LogP contribution in [0, 0.1) is 0 Å². The summed E-state index contributed by atoms with van der Waals surface area (Å²) < 4.78 is 5.20. The van der Waals surface area contributed by atoms with Crippen LogP contribution >= 0.6 is 0 Å². The van der Waals surface area contributed by atoms with E-state index < -0.39 is 17.5 Å². The second kappa shape index (κ2) is 14.6. The Balaban J connectivity index is 1.68. The Hall–Kier alpha value is -2.36. The fraction of sp³-hybridized carbons (Fsp3) is 0.556. The summed E-state index contributed by atoms with van der Waals surface area (Å²) in [6.45, 7) is 2.25. The lowest BCUT2D eigenvalue weighted by Gasteiger charge is -2.14. The summed E-state index contributed by atoms with van der Waals surface area (Å²) >= 11 is 0. The zero-order chi connectivity index (χ0) is 22.3. The van der Waals surface area contributed by atoms with Crippen LogP contribution in [0.4, 0.5) is 0 Å². The summed E-state index contributed by atoms with van der Waals surface area (Å²) in [4.78, 5) is 23.7. The smallest absolute Gasteiger partial charge is 0.336 e. The van der Waals surface area contributed by atoms with Crippen LogP contribution in [0.15, 0.2) is 51.7 Å². The van der Waals surface area contributed by atoms with Crippen LogP contribution in [0.2, 0.25) is 0 Å². The molecule has 0 aliphatic rings. The number of para-hydroxylation sites is 1. The minimum absolute atomic E-state index is 0.448. The number of rotatable bonds is 16. The number of benzene rings is 1. The molecule has 4 nitrogen and oxygen atoms in total. The molecule has 1 N–H and O–H groups in total. The number of hydrogen-bond donors (Lipinski definition) is 1. The van der Waals surface area contributed by atoms with Crippen molar-refractivity contribution in [1.82, 2.24) is 0 Å². The molecule has 170 valence electrons. The van der Waals surface area contributed by atoms with E-state index in [2.05, 4.69) is 19.1 Å². The molecule has 0 radical (unpaired) electrons. The van der Waals surface area contributed by atoms with E-state index >= 15 is 0 Å². The average Bonchev–Trinajstić information content (AvgIpc) is 2.75. The van der Waals surface area contributed by atoms with E-state index in [1.165, 1.54) is 51.0 Å². The number of carboxylic acid groups (broad SMARTS) is 1. The molecule has 0 saturated heterocycles. The van der Waals surface area contributed by atoms with E-state index in [1.54, 1.807) is 12.1 Å². The van der Waals surface area contributed by atoms with Gasteiger partial charge in [0.1, 0.15) is 5.58 Å². The Kier molecular flexibility index (Phi) is 11.7. The van der Waals surface area contributed by atoms with Crippen LogP contribution < -0.4 is 5.63 Å². The standard InChI is InChI=1S/C27H38O4/c1-2-3-4-5-6-7-8-9-10-11-12-13-14-15-19-23(27(29)30)24-21-26(28)31-25-20-17-16-18-22(24)25/h9-10,16-18,20-21,23H,2-8,11-15,19H2,1H3,(H,29,30)/b10-9-. The summed E-state index contributed by atoms with van der Waals surface area (Å²) in [6, 6.07) is 8.49. The normalized spacial score (nSPS) is 12.5. The van der Waals surface area contributed by atoms with Gasteiger partial charge in [-0.1, -0.05) is 88.6 Å². The highest BCUT2D eigenvalue weighted by Crippen LogP contribution is 2.28. The Morgan fingerprint density at radius 3 is 2.23 bits per heavy atom. The van der Waals surface area contributed by atoms with Crippen LogP contribution in [0.25, 0.3) is 11.0 Å². The lowest BCUT2D eigenvalue weighted by Crippen LogP contribution is -2.14. The van der Waals surface area contributed by atoms with Crippen molar-refractivity contribution in [2.45, 2.75) is 96.3 Å². The van der Waals surface area contributed by atoms with E-state index in [-0.39, 0.29) is 0 Å². The molecule has 1 unspecified atom stereocenters. The second-order valence-corrected chi connectivity index (χ2v) is 8.43. The van der Waals surface area contributed by atoms with Crippen molar-refractivity contribution in [3.63, 3.8) is 0 Å². The van der Waals surface area contributed by atoms with Gasteiger partial charge < -0.3 is 9.52 Å². The Morgan fingerprint density at radius 1 is 0.935 bits per heavy atom. The summed E-state index contributed by atoms with van der Waals surface area (Å²) in [6.07, 6.45) is 19.6. The minimum atomic E-state index is -0.881. The second-order valence-electron chi connectivity index (χ2n) is 8.43. The molecule has 2 rings (SSSR count). The molecule has 0 amide bonds. The molecule has 0 aliphatic carbocycles. The van der Waals surface area contributed by atoms with Crippen LogP contribution in [-0.4, -0.2) is 11.1 Å². The Bertz CT molecular complexity index is 865. The molecular weight excluding hydrogens is 388 g/mol. The lowest BCUT2D eigenvalue weighted by atomic mass is 9.91. The van der Waals surface area contributed by atoms with Gasteiger partial charge in [0.05, 0.1) is 5.92 Å². The van der Waals surface area contributed by atoms with Crippen LogP contribution in [-0.2, 0) is 4.79 Å². The number of aliphatic carboxylic acids is 1. The molecular formula is C27H38O4. The van der Waals surface area contributed by atoms with Gasteiger partial charge in [0, 0.05) is 11.5 Å². The van der Waals surface area contributed by atoms with Crippen molar-refractivity contribution in [1.29, 1.82) is 0 Å². The molecule has 0 fully saturated rings. The van der Waals surface area contributed by atoms with Gasteiger partial charge in [0.15, 0.2) is 0 Å². The van der Waals surface area contributed by atoms with Crippen LogP contribution in [0.5, 0.6) is 0 Å². The highest BCUT2D eigenvalue weighted by atomic mass is 16.4. The average molecular weight is 427 g/mol. The van der Waals surface area contributed by atoms with Crippen molar-refractivity contribution in [2.75, 3.05) is 0 Å². The monoisotopic (exact) mass is 426 g/mol. The van der Waals surface area contributed by atoms with E-state index in [1.807, 2.05) is 12.1 Å². The van der Waals surface area contributed by atoms with Gasteiger partial charge in [0.2, 0.25) is 0 Å². The van der Waals surface area contributed by atoms with Crippen molar-refractivity contribution in [3.05, 3.63) is 58.5 Å². The zero-order valence-corrected chi connectivity index (χ0v) is 19.0. The first-order valence-electron chi connectivity index (χ1n) is 12.0. The first-order chi connectivity index (χ1) is 15.1. The third-order valence-electron chi connectivity index (χ3n) is 5.86. The summed E-state index contributed by atoms with van der Waals surface area (Å²) in [5.74, 6) is -1.56. The number of fused-ring (bicyclic) bond motifs is 1. The van der Waals surface area contributed by atoms with Crippen molar-refractivity contribution >= 4 is 16.9 Å². The van der Waals surface area contributed by atoms with Gasteiger partial charge in [-0.15, -0.1) is 0 Å². The highest BCUT2D eigenvalue weighted by molar-refractivity contribution is 5.87. The minimum Gasteiger partial charge on any atom is -0.481 e. The SMILES string of the molecule is CCCCCCCC/C=C\CCCCCCC(C(=O)O)c1cc(=O)oc2ccccc12. The number of carbonyl (C=O) groups is 1. The van der Waals surface area contributed by atoms with E-state index in [0.717, 1.165) is 32.1 Å². The van der Waals surface area contributed by atoms with Gasteiger partial charge in [-0.3, -0.25) is 4.79 Å². The van der Waals surface area contributed by atoms with E-state index in [0.29, 0.717) is 23.0 Å². The third kappa shape index (κ3) is 9.12. The number of unbranched alkanes of at least 4 members (excludes halogenated alkanes) is 10. The maximum Gasteiger partial charge on any atom is 0.336 e. The number of carboxylic acids is 1. The molecule has 1 aromatic heterocycles. The predicted octanol–water partition coefficient (Wildman–Crippen LogP) is 7.61. The van der Waals surface area contributed by atoms with Gasteiger partial charge >= 0.3 is 11.6 Å². The Morgan fingerprint density at radius 2 is 1.55 bits per heavy atom. The fourth-order valence-corrected chi connectivity index (χ4v) is 4.08. The van der Waals surface area contributed by atoms with E-state index in [9.17, 15) is 14.7 Å². The predicted molar refractivity (Wildman–Crippen MR) is 128 cm³/mol. The molecule has 0 aliphatic heterocycles. The zero-order valence-electron chi connectivity index (χ0n) is 19.0. The molecule has 0 saturated carbocycles. The molecule has 2 aromatic rings. The maximum absolute atomic E-state index is 11.9. The van der Waals surface area contributed by atoms with Gasteiger partial charge in [-0.05, 0) is 43.7 Å². The fourth-order valence-electron chi connectivity index (χ4n) is 4.08. The quantitative estimate of drug-likeness (QED) is 0.170. The first kappa shape index (κ1) is 24.9. The summed E-state index contributed by atoms with van der Waals surface area (Å²) in [5, 5.41) is 10.5. The molecule has 4 heteroatoms. The largest absolute Gasteiger partial charge is 0.481 e. The molecule has 0 bridgehead atoms. The third-order valence-corrected chi connectivity index (χ3v) is 5.86. The van der Waals surface area contributed by atoms with Crippen LogP contribution in [0.1, 0.15) is 102 Å². The molecule has 1 aromatic carbocycles. The van der Waals surface area contributed by atoms with Crippen LogP contribution in [0.3, 0.4) is 0 Å². The number of allylic oxidation sites excluding steroid dienone is 2. The van der Waals surface area contributed by atoms with E-state index in [4.69, 9.17) is 4.42 Å². The topological polar surface area (TPSA) is 67.5 Å². The van der Waals surface area contributed by atoms with Crippen molar-refractivity contribution in [3.8, 4) is 0 Å². The van der Waals surface area contributed by atoms with Gasteiger partial charge in [-0.2, -0.15) is 0 Å². The molecule has 0 spiro atoms. The first-order valence-corrected chi connectivity index (χ1v) is 12.0. The summed E-state index contributed by atoms with van der Waals surface area (Å²) in [7, 11) is 0. The Labute approximate surface area is 186 Å². The van der Waals surface area contributed by atoms with Crippen molar-refractivity contribution < 1.29 is 14.3 Å². The maximum atomic E-state index is 11.9. The highest BCUT2D eigenvalue weighted by Gasteiger charge is 2.22. The number of hydrogen-bond acceptors (Lipinski definition) is 3. The molecule has 1 heterocycles.